The van der Waals surface area contributed by atoms with Crippen LogP contribution in [0.5, 0.6) is 0 Å². The third-order valence-corrected chi connectivity index (χ3v) is 3.04. The first-order valence-corrected chi connectivity index (χ1v) is 5.06. The van der Waals surface area contributed by atoms with Crippen LogP contribution in [-0.2, 0) is 4.74 Å². The molecule has 1 rings (SSSR count). The molecule has 0 aromatic rings. The highest BCUT2D eigenvalue weighted by molar-refractivity contribution is 4.96. The van der Waals surface area contributed by atoms with E-state index in [-0.39, 0.29) is 12.0 Å². The maximum atomic E-state index is 10.4. The Morgan fingerprint density at radius 3 is 2.69 bits per heavy atom. The van der Waals surface area contributed by atoms with Crippen molar-refractivity contribution in [3.8, 4) is 0 Å². The van der Waals surface area contributed by atoms with Gasteiger partial charge in [0, 0.05) is 13.2 Å². The van der Waals surface area contributed by atoms with Crippen LogP contribution in [0.4, 0.5) is 0 Å². The monoisotopic (exact) mass is 187 g/mol. The zero-order valence-electron chi connectivity index (χ0n) is 8.84. The third-order valence-electron chi connectivity index (χ3n) is 3.04. The lowest BCUT2D eigenvalue weighted by Gasteiger charge is -2.37. The normalized spacial score (nSPS) is 27.9. The van der Waals surface area contributed by atoms with E-state index in [1.807, 2.05) is 13.8 Å². The third kappa shape index (κ3) is 2.22. The largest absolute Gasteiger partial charge is 0.386 e. The number of aliphatic hydroxyl groups is 1. The van der Waals surface area contributed by atoms with Crippen LogP contribution in [-0.4, -0.2) is 37.0 Å². The van der Waals surface area contributed by atoms with Crippen LogP contribution in [0.2, 0.25) is 0 Å². The van der Waals surface area contributed by atoms with Crippen LogP contribution >= 0.6 is 0 Å². The molecule has 3 nitrogen and oxygen atoms in total. The van der Waals surface area contributed by atoms with Gasteiger partial charge in [0.25, 0.3) is 0 Å². The van der Waals surface area contributed by atoms with Gasteiger partial charge in [-0.25, -0.2) is 0 Å². The fourth-order valence-corrected chi connectivity index (χ4v) is 2.01. The number of nitrogens with one attached hydrogen (secondary N) is 1. The van der Waals surface area contributed by atoms with Crippen molar-refractivity contribution in [2.45, 2.75) is 38.3 Å². The molecule has 0 aliphatic carbocycles. The molecule has 0 radical (unpaired) electrons. The standard InChI is InChI=1S/C10H21NO2/c1-8(2)10(12,7-13-3)9-5-4-6-11-9/h8-9,11-12H,4-7H2,1-3H3. The minimum absolute atomic E-state index is 0.201. The van der Waals surface area contributed by atoms with Gasteiger partial charge in [-0.1, -0.05) is 13.8 Å². The van der Waals surface area contributed by atoms with E-state index in [1.54, 1.807) is 7.11 Å². The van der Waals surface area contributed by atoms with Crippen molar-refractivity contribution < 1.29 is 9.84 Å². The number of rotatable bonds is 4. The van der Waals surface area contributed by atoms with E-state index in [9.17, 15) is 5.11 Å². The Bertz CT molecular complexity index is 155. The molecule has 1 aliphatic heterocycles. The van der Waals surface area contributed by atoms with Gasteiger partial charge in [-0.15, -0.1) is 0 Å². The Labute approximate surface area is 80.5 Å². The Balaban J connectivity index is 2.64. The minimum Gasteiger partial charge on any atom is -0.386 e. The zero-order chi connectivity index (χ0) is 9.90. The van der Waals surface area contributed by atoms with Gasteiger partial charge >= 0.3 is 0 Å². The molecular formula is C10H21NO2. The van der Waals surface area contributed by atoms with Gasteiger partial charge in [-0.3, -0.25) is 0 Å². The molecule has 1 heterocycles. The van der Waals surface area contributed by atoms with E-state index < -0.39 is 5.60 Å². The molecule has 0 saturated carbocycles. The van der Waals surface area contributed by atoms with Crippen LogP contribution in [0.1, 0.15) is 26.7 Å². The lowest BCUT2D eigenvalue weighted by Crippen LogP contribution is -2.54. The zero-order valence-corrected chi connectivity index (χ0v) is 8.84. The van der Waals surface area contributed by atoms with Gasteiger partial charge in [0.15, 0.2) is 0 Å². The summed E-state index contributed by atoms with van der Waals surface area (Å²) in [5, 5.41) is 13.7. The molecule has 2 atom stereocenters. The second-order valence-corrected chi connectivity index (χ2v) is 4.23. The maximum Gasteiger partial charge on any atom is 0.105 e. The predicted molar refractivity (Wildman–Crippen MR) is 52.7 cm³/mol. The summed E-state index contributed by atoms with van der Waals surface area (Å²) in [6.45, 7) is 5.52. The predicted octanol–water partition coefficient (Wildman–Crippen LogP) is 0.772. The van der Waals surface area contributed by atoms with Crippen LogP contribution in [0, 0.1) is 5.92 Å². The van der Waals surface area contributed by atoms with Gasteiger partial charge in [0.2, 0.25) is 0 Å². The number of hydrogen-bond donors (Lipinski definition) is 2. The lowest BCUT2D eigenvalue weighted by molar-refractivity contribution is -0.0859. The van der Waals surface area contributed by atoms with Crippen LogP contribution in [0.15, 0.2) is 0 Å². The highest BCUT2D eigenvalue weighted by Crippen LogP contribution is 2.27. The van der Waals surface area contributed by atoms with Crippen molar-refractivity contribution >= 4 is 0 Å². The fraction of sp³-hybridized carbons (Fsp3) is 1.00. The molecule has 0 bridgehead atoms. The van der Waals surface area contributed by atoms with Gasteiger partial charge in [-0.05, 0) is 25.3 Å². The first-order chi connectivity index (χ1) is 6.11. The van der Waals surface area contributed by atoms with E-state index in [0.717, 1.165) is 19.4 Å². The molecule has 1 saturated heterocycles. The SMILES string of the molecule is COCC(O)(C(C)C)C1CCCN1. The minimum atomic E-state index is -0.703. The fourth-order valence-electron chi connectivity index (χ4n) is 2.01. The second-order valence-electron chi connectivity index (χ2n) is 4.23. The van der Waals surface area contributed by atoms with Gasteiger partial charge in [0.05, 0.1) is 6.61 Å². The molecule has 0 aromatic heterocycles. The highest BCUT2D eigenvalue weighted by atomic mass is 16.5. The highest BCUT2D eigenvalue weighted by Gasteiger charge is 2.40. The summed E-state index contributed by atoms with van der Waals surface area (Å²) in [5.41, 5.74) is -0.703. The molecule has 0 aromatic carbocycles. The summed E-state index contributed by atoms with van der Waals surface area (Å²) < 4.78 is 5.09. The van der Waals surface area contributed by atoms with E-state index in [2.05, 4.69) is 5.32 Å². The van der Waals surface area contributed by atoms with Gasteiger partial charge in [0.1, 0.15) is 5.60 Å². The number of ether oxygens (including phenoxy) is 1. The Morgan fingerprint density at radius 2 is 2.31 bits per heavy atom. The van der Waals surface area contributed by atoms with E-state index in [4.69, 9.17) is 4.74 Å². The van der Waals surface area contributed by atoms with Crippen molar-refractivity contribution in [2.75, 3.05) is 20.3 Å². The smallest absolute Gasteiger partial charge is 0.105 e. The molecular weight excluding hydrogens is 166 g/mol. The van der Waals surface area contributed by atoms with Crippen molar-refractivity contribution in [2.24, 2.45) is 5.92 Å². The first kappa shape index (κ1) is 11.0. The van der Waals surface area contributed by atoms with Crippen molar-refractivity contribution in [3.63, 3.8) is 0 Å². The molecule has 1 fully saturated rings. The summed E-state index contributed by atoms with van der Waals surface area (Å²) in [5.74, 6) is 0.225. The maximum absolute atomic E-state index is 10.4. The molecule has 0 amide bonds. The molecule has 1 aliphatic rings. The van der Waals surface area contributed by atoms with Crippen molar-refractivity contribution in [1.82, 2.24) is 5.32 Å². The van der Waals surface area contributed by atoms with Crippen molar-refractivity contribution in [1.29, 1.82) is 0 Å². The summed E-state index contributed by atoms with van der Waals surface area (Å²) in [6, 6.07) is 0.201. The van der Waals surface area contributed by atoms with Crippen molar-refractivity contribution in [3.05, 3.63) is 0 Å². The summed E-state index contributed by atoms with van der Waals surface area (Å²) in [6.07, 6.45) is 2.21. The average molecular weight is 187 g/mol. The average Bonchev–Trinajstić information content (AvgIpc) is 2.56. The van der Waals surface area contributed by atoms with E-state index >= 15 is 0 Å². The summed E-state index contributed by atoms with van der Waals surface area (Å²) in [4.78, 5) is 0. The summed E-state index contributed by atoms with van der Waals surface area (Å²) in [7, 11) is 1.64. The van der Waals surface area contributed by atoms with Gasteiger partial charge < -0.3 is 15.2 Å². The number of hydrogen-bond acceptors (Lipinski definition) is 3. The molecule has 3 heteroatoms. The van der Waals surface area contributed by atoms with E-state index in [0.29, 0.717) is 6.61 Å². The molecule has 0 spiro atoms. The second kappa shape index (κ2) is 4.40. The summed E-state index contributed by atoms with van der Waals surface area (Å²) >= 11 is 0. The molecule has 78 valence electrons. The Morgan fingerprint density at radius 1 is 1.62 bits per heavy atom. The van der Waals surface area contributed by atoms with Crippen LogP contribution in [0.25, 0.3) is 0 Å². The first-order valence-electron chi connectivity index (χ1n) is 5.06. The lowest BCUT2D eigenvalue weighted by atomic mass is 9.83. The van der Waals surface area contributed by atoms with Crippen LogP contribution in [0.3, 0.4) is 0 Å². The van der Waals surface area contributed by atoms with Crippen LogP contribution < -0.4 is 5.32 Å². The molecule has 2 unspecified atom stereocenters. The topological polar surface area (TPSA) is 41.5 Å². The Hall–Kier alpha value is -0.120. The van der Waals surface area contributed by atoms with Gasteiger partial charge in [-0.2, -0.15) is 0 Å². The molecule has 2 N–H and O–H groups in total. The number of methoxy groups -OCH3 is 1. The quantitative estimate of drug-likeness (QED) is 0.683. The molecule has 13 heavy (non-hydrogen) atoms. The Kier molecular flexibility index (Phi) is 3.71. The van der Waals surface area contributed by atoms with E-state index in [1.165, 1.54) is 0 Å².